The van der Waals surface area contributed by atoms with Crippen LogP contribution in [0.4, 0.5) is 18.9 Å². The molecule has 0 aliphatic rings. The van der Waals surface area contributed by atoms with E-state index in [-0.39, 0.29) is 18.3 Å². The number of aryl methyl sites for hydroxylation is 1. The third-order valence-electron chi connectivity index (χ3n) is 4.52. The fraction of sp³-hybridized carbons (Fsp3) is 0.227. The number of para-hydroxylation sites is 1. The van der Waals surface area contributed by atoms with Crippen LogP contribution in [0.1, 0.15) is 34.5 Å². The van der Waals surface area contributed by atoms with Crippen molar-refractivity contribution in [3.8, 4) is 0 Å². The Labute approximate surface area is 171 Å². The van der Waals surface area contributed by atoms with Gasteiger partial charge in [-0.1, -0.05) is 49.4 Å². The van der Waals surface area contributed by atoms with Crippen LogP contribution in [-0.2, 0) is 17.4 Å². The second-order valence-electron chi connectivity index (χ2n) is 6.52. The zero-order valence-corrected chi connectivity index (χ0v) is 16.6. The summed E-state index contributed by atoms with van der Waals surface area (Å²) in [6, 6.07) is 16.7. The summed E-state index contributed by atoms with van der Waals surface area (Å²) in [4.78, 5) is 13.4. The molecule has 0 aliphatic carbocycles. The second-order valence-corrected chi connectivity index (χ2v) is 7.50. The number of halogens is 3. The lowest BCUT2D eigenvalue weighted by molar-refractivity contribution is -0.137. The Hall–Kier alpha value is -2.64. The molecule has 3 nitrogen and oxygen atoms in total. The molecule has 0 bridgehead atoms. The van der Waals surface area contributed by atoms with Gasteiger partial charge in [-0.3, -0.25) is 10.1 Å². The molecular weight excluding hydrogens is 397 g/mol. The molecule has 0 spiro atoms. The van der Waals surface area contributed by atoms with Crippen molar-refractivity contribution in [2.24, 2.45) is 0 Å². The number of thiophene rings is 1. The lowest BCUT2D eigenvalue weighted by atomic mass is 10.0. The molecule has 2 N–H and O–H groups in total. The van der Waals surface area contributed by atoms with Gasteiger partial charge in [0.2, 0.25) is 5.91 Å². The fourth-order valence-corrected chi connectivity index (χ4v) is 3.84. The van der Waals surface area contributed by atoms with Gasteiger partial charge in [-0.25, -0.2) is 0 Å². The van der Waals surface area contributed by atoms with E-state index in [0.717, 1.165) is 22.9 Å². The number of hydrogen-bond donors (Lipinski definition) is 2. The highest BCUT2D eigenvalue weighted by Crippen LogP contribution is 2.34. The summed E-state index contributed by atoms with van der Waals surface area (Å²) in [5.74, 6) is -0.534. The Bertz CT molecular complexity index is 937. The second kappa shape index (κ2) is 9.24. The highest BCUT2D eigenvalue weighted by molar-refractivity contribution is 7.10. The Morgan fingerprint density at radius 2 is 1.76 bits per heavy atom. The average molecular weight is 418 g/mol. The van der Waals surface area contributed by atoms with Crippen molar-refractivity contribution >= 4 is 22.9 Å². The summed E-state index contributed by atoms with van der Waals surface area (Å²) in [7, 11) is 0. The van der Waals surface area contributed by atoms with Crippen LogP contribution >= 0.6 is 11.3 Å². The van der Waals surface area contributed by atoms with E-state index in [9.17, 15) is 18.0 Å². The lowest BCUT2D eigenvalue weighted by Crippen LogP contribution is -2.32. The highest BCUT2D eigenvalue weighted by Gasteiger charge is 2.33. The molecule has 152 valence electrons. The van der Waals surface area contributed by atoms with Gasteiger partial charge >= 0.3 is 6.18 Å². The first-order chi connectivity index (χ1) is 13.9. The van der Waals surface area contributed by atoms with Crippen LogP contribution < -0.4 is 10.6 Å². The fourth-order valence-electron chi connectivity index (χ4n) is 3.01. The molecule has 0 saturated carbocycles. The molecule has 0 saturated heterocycles. The molecular formula is C22H21F3N2OS. The van der Waals surface area contributed by atoms with Gasteiger partial charge in [0.15, 0.2) is 0 Å². The minimum absolute atomic E-state index is 0.121. The minimum Gasteiger partial charge on any atom is -0.324 e. The standard InChI is InChI=1S/C22H21F3N2OS/c1-2-15-9-11-16(12-10-15)21(19-8-5-13-29-19)26-14-20(28)27-18-7-4-3-6-17(18)22(23,24)25/h3-13,21,26H,2,14H2,1H3,(H,27,28)/t21-/m1/s1. The molecule has 0 fully saturated rings. The van der Waals surface area contributed by atoms with Gasteiger partial charge < -0.3 is 5.32 Å². The van der Waals surface area contributed by atoms with E-state index in [4.69, 9.17) is 0 Å². The molecule has 7 heteroatoms. The first-order valence-electron chi connectivity index (χ1n) is 9.20. The molecule has 1 heterocycles. The number of rotatable bonds is 7. The van der Waals surface area contributed by atoms with E-state index >= 15 is 0 Å². The monoisotopic (exact) mass is 418 g/mol. The summed E-state index contributed by atoms with van der Waals surface area (Å²) < 4.78 is 39.3. The van der Waals surface area contributed by atoms with E-state index in [1.807, 2.05) is 41.8 Å². The maximum atomic E-state index is 13.1. The molecule has 1 atom stereocenters. The van der Waals surface area contributed by atoms with Gasteiger partial charge in [-0.05, 0) is 41.1 Å². The summed E-state index contributed by atoms with van der Waals surface area (Å²) >= 11 is 1.55. The first kappa shape index (κ1) is 21.1. The number of benzene rings is 2. The van der Waals surface area contributed by atoms with Crippen LogP contribution in [0, 0.1) is 0 Å². The van der Waals surface area contributed by atoms with Gasteiger partial charge in [0.1, 0.15) is 0 Å². The number of amides is 1. The predicted octanol–water partition coefficient (Wildman–Crippen LogP) is 5.65. The molecule has 29 heavy (non-hydrogen) atoms. The molecule has 2 aromatic carbocycles. The molecule has 3 aromatic rings. The predicted molar refractivity (Wildman–Crippen MR) is 110 cm³/mol. The van der Waals surface area contributed by atoms with Crippen LogP contribution in [-0.4, -0.2) is 12.5 Å². The topological polar surface area (TPSA) is 41.1 Å². The van der Waals surface area contributed by atoms with Crippen LogP contribution in [0.5, 0.6) is 0 Å². The number of carbonyl (C=O) groups excluding carboxylic acids is 1. The Morgan fingerprint density at radius 3 is 2.38 bits per heavy atom. The van der Waals surface area contributed by atoms with Crippen LogP contribution in [0.2, 0.25) is 0 Å². The molecule has 0 aliphatic heterocycles. The van der Waals surface area contributed by atoms with Crippen molar-refractivity contribution in [1.82, 2.24) is 5.32 Å². The normalized spacial score (nSPS) is 12.6. The maximum absolute atomic E-state index is 13.1. The summed E-state index contributed by atoms with van der Waals surface area (Å²) in [6.45, 7) is 1.96. The van der Waals surface area contributed by atoms with Crippen LogP contribution in [0.15, 0.2) is 66.0 Å². The minimum atomic E-state index is -4.53. The van der Waals surface area contributed by atoms with Crippen molar-refractivity contribution in [3.63, 3.8) is 0 Å². The maximum Gasteiger partial charge on any atom is 0.418 e. The van der Waals surface area contributed by atoms with Crippen LogP contribution in [0.25, 0.3) is 0 Å². The summed E-state index contributed by atoms with van der Waals surface area (Å²) in [5.41, 5.74) is 1.10. The quantitative estimate of drug-likeness (QED) is 0.521. The highest BCUT2D eigenvalue weighted by atomic mass is 32.1. The van der Waals surface area contributed by atoms with Crippen molar-refractivity contribution in [2.45, 2.75) is 25.6 Å². The van der Waals surface area contributed by atoms with E-state index in [2.05, 4.69) is 17.6 Å². The van der Waals surface area contributed by atoms with Crippen molar-refractivity contribution in [3.05, 3.63) is 87.6 Å². The number of hydrogen-bond acceptors (Lipinski definition) is 3. The SMILES string of the molecule is CCc1ccc([C@@H](NCC(=O)Nc2ccccc2C(F)(F)F)c2cccs2)cc1. The summed E-state index contributed by atoms with van der Waals surface area (Å²) in [5, 5.41) is 7.49. The van der Waals surface area contributed by atoms with Gasteiger partial charge in [-0.2, -0.15) is 13.2 Å². The third-order valence-corrected chi connectivity index (χ3v) is 5.46. The van der Waals surface area contributed by atoms with Crippen molar-refractivity contribution in [2.75, 3.05) is 11.9 Å². The van der Waals surface area contributed by atoms with E-state index < -0.39 is 17.6 Å². The van der Waals surface area contributed by atoms with Gasteiger partial charge in [0.05, 0.1) is 23.8 Å². The third kappa shape index (κ3) is 5.46. The summed E-state index contributed by atoms with van der Waals surface area (Å²) in [6.07, 6.45) is -3.60. The lowest BCUT2D eigenvalue weighted by Gasteiger charge is -2.19. The van der Waals surface area contributed by atoms with Crippen LogP contribution in [0.3, 0.4) is 0 Å². The molecule has 1 aromatic heterocycles. The molecule has 3 rings (SSSR count). The Kier molecular flexibility index (Phi) is 6.71. The van der Waals surface area contributed by atoms with Gasteiger partial charge in [0.25, 0.3) is 0 Å². The van der Waals surface area contributed by atoms with Crippen molar-refractivity contribution < 1.29 is 18.0 Å². The van der Waals surface area contributed by atoms with E-state index in [1.165, 1.54) is 23.8 Å². The molecule has 0 radical (unpaired) electrons. The van der Waals surface area contributed by atoms with E-state index in [0.29, 0.717) is 0 Å². The number of anilines is 1. The molecule has 1 amide bonds. The number of nitrogens with one attached hydrogen (secondary N) is 2. The smallest absolute Gasteiger partial charge is 0.324 e. The Balaban J connectivity index is 1.72. The average Bonchev–Trinajstić information content (AvgIpc) is 3.23. The van der Waals surface area contributed by atoms with Gasteiger partial charge in [-0.15, -0.1) is 11.3 Å². The Morgan fingerprint density at radius 1 is 1.03 bits per heavy atom. The number of carbonyl (C=O) groups is 1. The van der Waals surface area contributed by atoms with Gasteiger partial charge in [0, 0.05) is 4.88 Å². The van der Waals surface area contributed by atoms with Crippen molar-refractivity contribution in [1.29, 1.82) is 0 Å². The molecule has 0 unspecified atom stereocenters. The largest absolute Gasteiger partial charge is 0.418 e. The van der Waals surface area contributed by atoms with E-state index in [1.54, 1.807) is 11.3 Å². The zero-order valence-electron chi connectivity index (χ0n) is 15.8. The first-order valence-corrected chi connectivity index (χ1v) is 10.1. The number of alkyl halides is 3. The zero-order chi connectivity index (χ0) is 20.9.